The van der Waals surface area contributed by atoms with E-state index in [9.17, 15) is 8.42 Å². The molecule has 2 N–H and O–H groups in total. The highest BCUT2D eigenvalue weighted by molar-refractivity contribution is 7.89. The van der Waals surface area contributed by atoms with Crippen LogP contribution in [-0.2, 0) is 16.4 Å². The first-order valence-corrected chi connectivity index (χ1v) is 13.5. The number of aryl methyl sites for hydroxylation is 1. The van der Waals surface area contributed by atoms with E-state index in [-0.39, 0.29) is 16.7 Å². The summed E-state index contributed by atoms with van der Waals surface area (Å²) in [5.41, 5.74) is 6.09. The van der Waals surface area contributed by atoms with Crippen molar-refractivity contribution in [3.05, 3.63) is 92.4 Å². The Hall–Kier alpha value is -2.29. The van der Waals surface area contributed by atoms with E-state index in [4.69, 9.17) is 39.5 Å². The third kappa shape index (κ3) is 5.76. The van der Waals surface area contributed by atoms with Crippen molar-refractivity contribution in [3.63, 3.8) is 0 Å². The minimum atomic E-state index is -4.03. The number of methoxy groups -OCH3 is 1. The van der Waals surface area contributed by atoms with Crippen LogP contribution in [0.4, 0.5) is 0 Å². The Morgan fingerprint density at radius 3 is 2.43 bits per heavy atom. The molecule has 2 unspecified atom stereocenters. The summed E-state index contributed by atoms with van der Waals surface area (Å²) in [6.07, 6.45) is 1.14. The number of nitrogens with zero attached hydrogens (tertiary/aromatic N) is 1. The van der Waals surface area contributed by atoms with Gasteiger partial charge >= 0.3 is 0 Å². The minimum Gasteiger partial charge on any atom is -0.495 e. The topological polar surface area (TPSA) is 79.8 Å². The third-order valence-corrected chi connectivity index (χ3v) is 8.11. The lowest BCUT2D eigenvalue weighted by Crippen LogP contribution is -2.34. The maximum atomic E-state index is 13.6. The smallest absolute Gasteiger partial charge is 0.245 e. The zero-order valence-electron chi connectivity index (χ0n) is 19.1. The molecule has 3 aromatic rings. The second-order valence-electron chi connectivity index (χ2n) is 8.10. The molecule has 0 bridgehead atoms. The van der Waals surface area contributed by atoms with Gasteiger partial charge in [-0.05, 0) is 59.5 Å². The molecule has 6 nitrogen and oxygen atoms in total. The Kier molecular flexibility index (Phi) is 7.93. The van der Waals surface area contributed by atoms with Crippen molar-refractivity contribution in [1.82, 2.24) is 10.1 Å². The number of nitrogens with one attached hydrogen (secondary N) is 2. The number of hydrazone groups is 1. The molecule has 0 saturated heterocycles. The molecule has 0 amide bonds. The predicted octanol–water partition coefficient (Wildman–Crippen LogP) is 6.33. The van der Waals surface area contributed by atoms with Crippen LogP contribution in [0.2, 0.25) is 15.1 Å². The molecule has 2 atom stereocenters. The van der Waals surface area contributed by atoms with Crippen LogP contribution in [0.15, 0.2) is 70.7 Å². The standard InChI is InChI=1S/C25H24Cl3N3O3S/c1-3-15-4-11-23(34-2)24(12-15)35(32,33)31-25(19-10-9-18(27)13-20(19)28)22-14-21(29-30-22)16-5-7-17(26)8-6-16/h4-13,21,25,29,31H,3,14H2,1-2H3. The van der Waals surface area contributed by atoms with Crippen molar-refractivity contribution in [2.24, 2.45) is 5.10 Å². The van der Waals surface area contributed by atoms with Gasteiger partial charge in [0.05, 0.1) is 24.9 Å². The number of rotatable bonds is 8. The lowest BCUT2D eigenvalue weighted by molar-refractivity contribution is 0.402. The van der Waals surface area contributed by atoms with Crippen LogP contribution < -0.4 is 14.9 Å². The molecule has 0 saturated carbocycles. The van der Waals surface area contributed by atoms with Gasteiger partial charge in [-0.3, -0.25) is 0 Å². The van der Waals surface area contributed by atoms with Gasteiger partial charge in [-0.15, -0.1) is 0 Å². The van der Waals surface area contributed by atoms with E-state index in [0.29, 0.717) is 39.2 Å². The largest absolute Gasteiger partial charge is 0.495 e. The van der Waals surface area contributed by atoms with Crippen molar-refractivity contribution >= 4 is 50.5 Å². The Morgan fingerprint density at radius 1 is 1.06 bits per heavy atom. The van der Waals surface area contributed by atoms with Crippen molar-refractivity contribution in [2.75, 3.05) is 7.11 Å². The number of hydrogen-bond acceptors (Lipinski definition) is 5. The molecule has 0 spiro atoms. The van der Waals surface area contributed by atoms with Crippen LogP contribution in [0, 0.1) is 0 Å². The SMILES string of the molecule is CCc1ccc(OC)c(S(=O)(=O)NC(C2=NNC(c3ccc(Cl)cc3)C2)c2ccc(Cl)cc2Cl)c1. The Morgan fingerprint density at radius 2 is 1.77 bits per heavy atom. The number of sulfonamides is 1. The van der Waals surface area contributed by atoms with Crippen molar-refractivity contribution in [2.45, 2.75) is 36.7 Å². The summed E-state index contributed by atoms with van der Waals surface area (Å²) >= 11 is 18.7. The maximum Gasteiger partial charge on any atom is 0.245 e. The van der Waals surface area contributed by atoms with Crippen LogP contribution >= 0.6 is 34.8 Å². The number of benzene rings is 3. The summed E-state index contributed by atoms with van der Waals surface area (Å²) < 4.78 is 35.4. The van der Waals surface area contributed by atoms with Crippen LogP contribution in [0.5, 0.6) is 5.75 Å². The Balaban J connectivity index is 1.72. The van der Waals surface area contributed by atoms with E-state index in [1.54, 1.807) is 42.5 Å². The van der Waals surface area contributed by atoms with Crippen molar-refractivity contribution < 1.29 is 13.2 Å². The summed E-state index contributed by atoms with van der Waals surface area (Å²) in [5, 5.41) is 5.91. The molecule has 184 valence electrons. The molecule has 1 heterocycles. The van der Waals surface area contributed by atoms with E-state index >= 15 is 0 Å². The molecule has 3 aromatic carbocycles. The number of ether oxygens (including phenoxy) is 1. The zero-order valence-corrected chi connectivity index (χ0v) is 22.1. The monoisotopic (exact) mass is 551 g/mol. The summed E-state index contributed by atoms with van der Waals surface area (Å²) in [7, 11) is -2.59. The van der Waals surface area contributed by atoms with Gasteiger partial charge in [-0.1, -0.05) is 66.0 Å². The highest BCUT2D eigenvalue weighted by Crippen LogP contribution is 2.35. The lowest BCUT2D eigenvalue weighted by Gasteiger charge is -2.22. The third-order valence-electron chi connectivity index (χ3n) is 5.86. The average Bonchev–Trinajstić information content (AvgIpc) is 3.33. The van der Waals surface area contributed by atoms with Gasteiger partial charge in [0.25, 0.3) is 0 Å². The highest BCUT2D eigenvalue weighted by atomic mass is 35.5. The fourth-order valence-electron chi connectivity index (χ4n) is 3.95. The molecule has 4 rings (SSSR count). The molecule has 0 radical (unpaired) electrons. The first kappa shape index (κ1) is 25.8. The Bertz CT molecular complexity index is 1360. The fraction of sp³-hybridized carbons (Fsp3) is 0.240. The average molecular weight is 553 g/mol. The molecule has 10 heteroatoms. The molecule has 0 aliphatic carbocycles. The summed E-state index contributed by atoms with van der Waals surface area (Å²) in [4.78, 5) is 0.0512. The summed E-state index contributed by atoms with van der Waals surface area (Å²) in [6.45, 7) is 1.96. The van der Waals surface area contributed by atoms with E-state index in [2.05, 4.69) is 15.2 Å². The number of hydrogen-bond donors (Lipinski definition) is 2. The number of halogens is 3. The molecule has 0 aromatic heterocycles. The van der Waals surface area contributed by atoms with Crippen molar-refractivity contribution in [1.29, 1.82) is 0 Å². The first-order valence-electron chi connectivity index (χ1n) is 10.9. The molecule has 1 aliphatic heterocycles. The second-order valence-corrected chi connectivity index (χ2v) is 11.1. The maximum absolute atomic E-state index is 13.6. The molecule has 1 aliphatic rings. The van der Waals surface area contributed by atoms with Gasteiger partial charge in [-0.25, -0.2) is 8.42 Å². The molecule has 35 heavy (non-hydrogen) atoms. The fourth-order valence-corrected chi connectivity index (χ4v) is 6.01. The van der Waals surface area contributed by atoms with E-state index in [1.807, 2.05) is 25.1 Å². The molecular formula is C25H24Cl3N3O3S. The van der Waals surface area contributed by atoms with Crippen LogP contribution in [0.25, 0.3) is 0 Å². The van der Waals surface area contributed by atoms with Gasteiger partial charge in [0.15, 0.2) is 0 Å². The van der Waals surface area contributed by atoms with E-state index < -0.39 is 16.1 Å². The zero-order chi connectivity index (χ0) is 25.2. The Labute approximate surface area is 220 Å². The van der Waals surface area contributed by atoms with Gasteiger partial charge in [-0.2, -0.15) is 9.82 Å². The summed E-state index contributed by atoms with van der Waals surface area (Å²) in [6, 6.07) is 16.5. The predicted molar refractivity (Wildman–Crippen MR) is 141 cm³/mol. The molecule has 0 fully saturated rings. The van der Waals surface area contributed by atoms with Crippen LogP contribution in [0.1, 0.15) is 42.1 Å². The summed E-state index contributed by atoms with van der Waals surface area (Å²) in [5.74, 6) is 0.251. The second kappa shape index (κ2) is 10.8. The lowest BCUT2D eigenvalue weighted by atomic mass is 9.96. The van der Waals surface area contributed by atoms with Gasteiger partial charge in [0.1, 0.15) is 10.6 Å². The van der Waals surface area contributed by atoms with Crippen molar-refractivity contribution in [3.8, 4) is 5.75 Å². The van der Waals surface area contributed by atoms with E-state index in [1.165, 1.54) is 7.11 Å². The van der Waals surface area contributed by atoms with E-state index in [0.717, 1.165) is 11.1 Å². The quantitative estimate of drug-likeness (QED) is 0.342. The van der Waals surface area contributed by atoms with Crippen LogP contribution in [-0.4, -0.2) is 21.2 Å². The first-order chi connectivity index (χ1) is 16.7. The highest BCUT2D eigenvalue weighted by Gasteiger charge is 2.33. The normalized spacial score (nSPS) is 16.5. The molecular weight excluding hydrogens is 529 g/mol. The van der Waals surface area contributed by atoms with Gasteiger partial charge in [0.2, 0.25) is 10.0 Å². The van der Waals surface area contributed by atoms with Gasteiger partial charge < -0.3 is 10.2 Å². The van der Waals surface area contributed by atoms with Gasteiger partial charge in [0, 0.05) is 21.5 Å². The minimum absolute atomic E-state index is 0.0512. The van der Waals surface area contributed by atoms with Crippen LogP contribution in [0.3, 0.4) is 0 Å².